The number of fused-ring (bicyclic) bond motifs is 1. The Hall–Kier alpha value is -1.16. The van der Waals surface area contributed by atoms with E-state index in [2.05, 4.69) is 30.6 Å². The minimum Gasteiger partial charge on any atom is -0.370 e. The molecule has 2 aromatic rings. The Labute approximate surface area is 112 Å². The molecule has 0 aliphatic heterocycles. The van der Waals surface area contributed by atoms with Crippen molar-refractivity contribution >= 4 is 27.4 Å². The highest BCUT2D eigenvalue weighted by atomic mass is 32.1. The lowest BCUT2D eigenvalue weighted by molar-refractivity contribution is 0.587. The van der Waals surface area contributed by atoms with Gasteiger partial charge in [-0.3, -0.25) is 0 Å². The van der Waals surface area contributed by atoms with Gasteiger partial charge in [-0.15, -0.1) is 11.3 Å². The van der Waals surface area contributed by atoms with Crippen molar-refractivity contribution in [3.63, 3.8) is 0 Å². The standard InChI is InChI=1S/C14H19N3S/c1-3-15-13-11-6-7-18-14(11)17-12(16-13)10-5-4-9(2)8-10/h6-7,9-10H,3-5,8H2,1-2H3,(H,15,16,17). The van der Waals surface area contributed by atoms with Gasteiger partial charge in [0.15, 0.2) is 0 Å². The van der Waals surface area contributed by atoms with Crippen molar-refractivity contribution in [1.82, 2.24) is 9.97 Å². The summed E-state index contributed by atoms with van der Waals surface area (Å²) in [6.45, 7) is 5.34. The third-order valence-electron chi connectivity index (χ3n) is 3.75. The lowest BCUT2D eigenvalue weighted by atomic mass is 10.1. The van der Waals surface area contributed by atoms with Gasteiger partial charge in [0.25, 0.3) is 0 Å². The lowest BCUT2D eigenvalue weighted by Gasteiger charge is -2.11. The van der Waals surface area contributed by atoms with Crippen LogP contribution in [0, 0.1) is 5.92 Å². The van der Waals surface area contributed by atoms with Crippen molar-refractivity contribution in [3.8, 4) is 0 Å². The van der Waals surface area contributed by atoms with Crippen molar-refractivity contribution in [1.29, 1.82) is 0 Å². The van der Waals surface area contributed by atoms with E-state index in [-0.39, 0.29) is 0 Å². The Kier molecular flexibility index (Phi) is 3.20. The zero-order valence-corrected chi connectivity index (χ0v) is 11.8. The lowest BCUT2D eigenvalue weighted by Crippen LogP contribution is -2.06. The first-order valence-electron chi connectivity index (χ1n) is 6.77. The van der Waals surface area contributed by atoms with E-state index in [9.17, 15) is 0 Å². The fraction of sp³-hybridized carbons (Fsp3) is 0.571. The van der Waals surface area contributed by atoms with Crippen LogP contribution < -0.4 is 5.32 Å². The Morgan fingerprint density at radius 1 is 1.39 bits per heavy atom. The average Bonchev–Trinajstić information content (AvgIpc) is 2.97. The van der Waals surface area contributed by atoms with Gasteiger partial charge in [0.2, 0.25) is 0 Å². The summed E-state index contributed by atoms with van der Waals surface area (Å²) >= 11 is 1.71. The second-order valence-electron chi connectivity index (χ2n) is 5.22. The summed E-state index contributed by atoms with van der Waals surface area (Å²) in [5.74, 6) is 3.44. The Morgan fingerprint density at radius 3 is 3.00 bits per heavy atom. The van der Waals surface area contributed by atoms with Crippen molar-refractivity contribution < 1.29 is 0 Å². The molecule has 0 radical (unpaired) electrons. The summed E-state index contributed by atoms with van der Waals surface area (Å²) in [5.41, 5.74) is 0. The molecule has 0 amide bonds. The first-order valence-corrected chi connectivity index (χ1v) is 7.65. The molecule has 2 aromatic heterocycles. The number of hydrogen-bond donors (Lipinski definition) is 1. The Bertz CT molecular complexity index is 549. The summed E-state index contributed by atoms with van der Waals surface area (Å²) in [6, 6.07) is 2.11. The first kappa shape index (κ1) is 11.9. The van der Waals surface area contributed by atoms with E-state index in [0.717, 1.165) is 34.3 Å². The number of thiophene rings is 1. The topological polar surface area (TPSA) is 37.8 Å². The molecule has 96 valence electrons. The van der Waals surface area contributed by atoms with E-state index in [4.69, 9.17) is 9.97 Å². The minimum atomic E-state index is 0.559. The molecule has 0 saturated heterocycles. The Morgan fingerprint density at radius 2 is 2.28 bits per heavy atom. The molecule has 4 heteroatoms. The molecule has 1 aliphatic carbocycles. The quantitative estimate of drug-likeness (QED) is 0.906. The average molecular weight is 261 g/mol. The number of rotatable bonds is 3. The zero-order valence-electron chi connectivity index (χ0n) is 10.9. The van der Waals surface area contributed by atoms with Crippen molar-refractivity contribution in [2.45, 2.75) is 39.0 Å². The maximum atomic E-state index is 4.76. The highest BCUT2D eigenvalue weighted by Gasteiger charge is 2.26. The van der Waals surface area contributed by atoms with Gasteiger partial charge in [0.05, 0.1) is 5.39 Å². The van der Waals surface area contributed by atoms with E-state index in [1.807, 2.05) is 0 Å². The molecular weight excluding hydrogens is 242 g/mol. The molecule has 1 aliphatic rings. The number of anilines is 1. The molecule has 0 aromatic carbocycles. The maximum absolute atomic E-state index is 4.76. The highest BCUT2D eigenvalue weighted by molar-refractivity contribution is 7.16. The maximum Gasteiger partial charge on any atom is 0.138 e. The predicted molar refractivity (Wildman–Crippen MR) is 77.3 cm³/mol. The number of nitrogens with one attached hydrogen (secondary N) is 1. The molecule has 2 unspecified atom stereocenters. The van der Waals surface area contributed by atoms with Crippen LogP contribution in [-0.4, -0.2) is 16.5 Å². The van der Waals surface area contributed by atoms with E-state index in [1.165, 1.54) is 19.3 Å². The zero-order chi connectivity index (χ0) is 12.5. The van der Waals surface area contributed by atoms with Gasteiger partial charge in [-0.25, -0.2) is 9.97 Å². The summed E-state index contributed by atoms with van der Waals surface area (Å²) in [6.07, 6.45) is 3.79. The highest BCUT2D eigenvalue weighted by Crippen LogP contribution is 2.38. The van der Waals surface area contributed by atoms with Crippen LogP contribution >= 0.6 is 11.3 Å². The van der Waals surface area contributed by atoms with Crippen LogP contribution in [0.2, 0.25) is 0 Å². The molecule has 2 atom stereocenters. The second kappa shape index (κ2) is 4.84. The largest absolute Gasteiger partial charge is 0.370 e. The third kappa shape index (κ3) is 2.09. The van der Waals surface area contributed by atoms with Gasteiger partial charge in [0, 0.05) is 12.5 Å². The van der Waals surface area contributed by atoms with Gasteiger partial charge in [-0.2, -0.15) is 0 Å². The molecular formula is C14H19N3S. The third-order valence-corrected chi connectivity index (χ3v) is 4.55. The molecule has 0 bridgehead atoms. The first-order chi connectivity index (χ1) is 8.78. The van der Waals surface area contributed by atoms with Gasteiger partial charge in [0.1, 0.15) is 16.5 Å². The van der Waals surface area contributed by atoms with Crippen molar-refractivity contribution in [2.24, 2.45) is 5.92 Å². The van der Waals surface area contributed by atoms with Gasteiger partial charge < -0.3 is 5.32 Å². The van der Waals surface area contributed by atoms with Crippen LogP contribution in [0.4, 0.5) is 5.82 Å². The molecule has 1 N–H and O–H groups in total. The molecule has 3 rings (SSSR count). The van der Waals surface area contributed by atoms with Gasteiger partial charge >= 0.3 is 0 Å². The Balaban J connectivity index is 2.01. The number of aromatic nitrogens is 2. The van der Waals surface area contributed by atoms with E-state index >= 15 is 0 Å². The summed E-state index contributed by atoms with van der Waals surface area (Å²) in [7, 11) is 0. The molecule has 2 heterocycles. The van der Waals surface area contributed by atoms with Crippen LogP contribution in [0.1, 0.15) is 44.9 Å². The smallest absolute Gasteiger partial charge is 0.138 e. The fourth-order valence-electron chi connectivity index (χ4n) is 2.80. The molecule has 18 heavy (non-hydrogen) atoms. The summed E-state index contributed by atoms with van der Waals surface area (Å²) < 4.78 is 0. The summed E-state index contributed by atoms with van der Waals surface area (Å²) in [4.78, 5) is 10.6. The molecule has 1 saturated carbocycles. The van der Waals surface area contributed by atoms with E-state index in [0.29, 0.717) is 5.92 Å². The van der Waals surface area contributed by atoms with Crippen LogP contribution in [0.5, 0.6) is 0 Å². The van der Waals surface area contributed by atoms with Crippen molar-refractivity contribution in [2.75, 3.05) is 11.9 Å². The summed E-state index contributed by atoms with van der Waals surface area (Å²) in [5, 5.41) is 6.63. The number of nitrogens with zero attached hydrogens (tertiary/aromatic N) is 2. The SMILES string of the molecule is CCNc1nc(C2CCC(C)C2)nc2sccc12. The van der Waals surface area contributed by atoms with Crippen LogP contribution in [0.25, 0.3) is 10.2 Å². The second-order valence-corrected chi connectivity index (χ2v) is 6.11. The molecule has 3 nitrogen and oxygen atoms in total. The fourth-order valence-corrected chi connectivity index (χ4v) is 3.57. The molecule has 0 spiro atoms. The normalized spacial score (nSPS) is 23.7. The van der Waals surface area contributed by atoms with Gasteiger partial charge in [-0.1, -0.05) is 6.92 Å². The van der Waals surface area contributed by atoms with Crippen LogP contribution in [-0.2, 0) is 0 Å². The van der Waals surface area contributed by atoms with Crippen molar-refractivity contribution in [3.05, 3.63) is 17.3 Å². The predicted octanol–water partition coefficient (Wildman–Crippen LogP) is 4.03. The number of hydrogen-bond acceptors (Lipinski definition) is 4. The van der Waals surface area contributed by atoms with Crippen LogP contribution in [0.15, 0.2) is 11.4 Å². The van der Waals surface area contributed by atoms with Gasteiger partial charge in [-0.05, 0) is 43.6 Å². The minimum absolute atomic E-state index is 0.559. The molecule has 1 fully saturated rings. The van der Waals surface area contributed by atoms with Crippen LogP contribution in [0.3, 0.4) is 0 Å². The van der Waals surface area contributed by atoms with E-state index < -0.39 is 0 Å². The van der Waals surface area contributed by atoms with E-state index in [1.54, 1.807) is 11.3 Å². The monoisotopic (exact) mass is 261 g/mol.